The number of nitrogens with zero attached hydrogens (tertiary/aromatic N) is 1. The van der Waals surface area contributed by atoms with Gasteiger partial charge in [0.05, 0.1) is 15.5 Å². The number of halogens is 2. The van der Waals surface area contributed by atoms with Crippen molar-refractivity contribution in [2.45, 2.75) is 44.6 Å². The number of aromatic amines is 1. The third kappa shape index (κ3) is 2.50. The lowest BCUT2D eigenvalue weighted by atomic mass is 10.1. The van der Waals surface area contributed by atoms with Gasteiger partial charge >= 0.3 is 0 Å². The summed E-state index contributed by atoms with van der Waals surface area (Å²) >= 11 is 8.65. The van der Waals surface area contributed by atoms with Crippen molar-refractivity contribution in [3.05, 3.63) is 27.2 Å². The Morgan fingerprint density at radius 2 is 1.89 bits per heavy atom. The zero-order valence-corrected chi connectivity index (χ0v) is 13.0. The maximum absolute atomic E-state index is 13.8. The Hall–Kier alpha value is -0.680. The molecule has 0 spiro atoms. The molecule has 1 saturated carbocycles. The van der Waals surface area contributed by atoms with Gasteiger partial charge in [-0.1, -0.05) is 25.7 Å². The zero-order chi connectivity index (χ0) is 13.4. The van der Waals surface area contributed by atoms with Crippen molar-refractivity contribution >= 4 is 39.2 Å². The van der Waals surface area contributed by atoms with E-state index in [4.69, 9.17) is 12.2 Å². The fourth-order valence-electron chi connectivity index (χ4n) is 3.00. The van der Waals surface area contributed by atoms with E-state index in [9.17, 15) is 4.39 Å². The van der Waals surface area contributed by atoms with Crippen LogP contribution in [0.3, 0.4) is 0 Å². The van der Waals surface area contributed by atoms with Crippen LogP contribution in [0.4, 0.5) is 4.39 Å². The molecule has 1 aromatic heterocycles. The van der Waals surface area contributed by atoms with Crippen molar-refractivity contribution in [2.75, 3.05) is 0 Å². The zero-order valence-electron chi connectivity index (χ0n) is 10.6. The number of nitrogens with one attached hydrogen (secondary N) is 1. The highest BCUT2D eigenvalue weighted by Crippen LogP contribution is 2.32. The van der Waals surface area contributed by atoms with Crippen LogP contribution in [-0.4, -0.2) is 9.55 Å². The SMILES string of the molecule is Fc1cc2c(cc1Br)[nH]c(=S)n2C1CCCCCC1. The van der Waals surface area contributed by atoms with Gasteiger partial charge in [0.25, 0.3) is 0 Å². The maximum atomic E-state index is 13.8. The molecule has 1 aliphatic rings. The second-order valence-corrected chi connectivity index (χ2v) is 6.47. The summed E-state index contributed by atoms with van der Waals surface area (Å²) < 4.78 is 17.1. The Bertz CT molecular complexity index is 653. The predicted octanol–water partition coefficient (Wildman–Crippen LogP) is 5.50. The second-order valence-electron chi connectivity index (χ2n) is 5.23. The Labute approximate surface area is 125 Å². The standard InChI is InChI=1S/C14H16BrFN2S/c15-10-7-12-13(8-11(10)16)18(14(19)17-12)9-5-3-1-2-4-6-9/h7-9H,1-6H2,(H,17,19). The third-order valence-electron chi connectivity index (χ3n) is 3.95. The Morgan fingerprint density at radius 3 is 2.58 bits per heavy atom. The molecule has 0 atom stereocenters. The molecule has 0 saturated heterocycles. The first-order chi connectivity index (χ1) is 9.16. The Morgan fingerprint density at radius 1 is 1.21 bits per heavy atom. The summed E-state index contributed by atoms with van der Waals surface area (Å²) in [6.45, 7) is 0. The van der Waals surface area contributed by atoms with E-state index < -0.39 is 0 Å². The minimum absolute atomic E-state index is 0.233. The first kappa shape index (κ1) is 13.3. The van der Waals surface area contributed by atoms with E-state index in [0.29, 0.717) is 15.3 Å². The molecule has 1 N–H and O–H groups in total. The molecule has 0 aliphatic heterocycles. The first-order valence-electron chi connectivity index (χ1n) is 6.76. The maximum Gasteiger partial charge on any atom is 0.178 e. The monoisotopic (exact) mass is 342 g/mol. The van der Waals surface area contributed by atoms with Crippen LogP contribution >= 0.6 is 28.1 Å². The fraction of sp³-hybridized carbons (Fsp3) is 0.500. The summed E-state index contributed by atoms with van der Waals surface area (Å²) in [6, 6.07) is 3.76. The van der Waals surface area contributed by atoms with Gasteiger partial charge in [-0.25, -0.2) is 4.39 Å². The van der Waals surface area contributed by atoms with Crippen molar-refractivity contribution < 1.29 is 4.39 Å². The molecule has 0 radical (unpaired) electrons. The minimum atomic E-state index is -0.233. The van der Waals surface area contributed by atoms with Crippen molar-refractivity contribution in [3.8, 4) is 0 Å². The quantitative estimate of drug-likeness (QED) is 0.536. The molecular formula is C14H16BrFN2S. The van der Waals surface area contributed by atoms with E-state index in [1.165, 1.54) is 25.7 Å². The summed E-state index contributed by atoms with van der Waals surface area (Å²) in [4.78, 5) is 3.19. The number of hydrogen-bond donors (Lipinski definition) is 1. The molecule has 102 valence electrons. The van der Waals surface area contributed by atoms with E-state index in [1.54, 1.807) is 12.1 Å². The van der Waals surface area contributed by atoms with Gasteiger partial charge in [0.15, 0.2) is 4.77 Å². The number of fused-ring (bicyclic) bond motifs is 1. The lowest BCUT2D eigenvalue weighted by molar-refractivity contribution is 0.449. The van der Waals surface area contributed by atoms with Crippen molar-refractivity contribution in [2.24, 2.45) is 0 Å². The van der Waals surface area contributed by atoms with Crippen LogP contribution in [0.2, 0.25) is 0 Å². The van der Waals surface area contributed by atoms with Gasteiger partial charge in [0.1, 0.15) is 5.82 Å². The number of rotatable bonds is 1. The van der Waals surface area contributed by atoms with E-state index in [-0.39, 0.29) is 5.82 Å². The van der Waals surface area contributed by atoms with Crippen LogP contribution in [0.15, 0.2) is 16.6 Å². The van der Waals surface area contributed by atoms with Crippen molar-refractivity contribution in [1.29, 1.82) is 0 Å². The number of hydrogen-bond acceptors (Lipinski definition) is 1. The average Bonchev–Trinajstić information content (AvgIpc) is 2.57. The predicted molar refractivity (Wildman–Crippen MR) is 81.5 cm³/mol. The van der Waals surface area contributed by atoms with Gasteiger partial charge in [-0.05, 0) is 47.1 Å². The Balaban J connectivity index is 2.14. The summed E-state index contributed by atoms with van der Waals surface area (Å²) in [5, 5.41) is 0. The molecule has 1 aliphatic carbocycles. The minimum Gasteiger partial charge on any atom is -0.331 e. The molecule has 1 aromatic carbocycles. The van der Waals surface area contributed by atoms with E-state index in [2.05, 4.69) is 25.5 Å². The molecule has 2 nitrogen and oxygen atoms in total. The van der Waals surface area contributed by atoms with Gasteiger partial charge in [0, 0.05) is 12.1 Å². The first-order valence-corrected chi connectivity index (χ1v) is 7.96. The molecule has 0 unspecified atom stereocenters. The van der Waals surface area contributed by atoms with Crippen LogP contribution < -0.4 is 0 Å². The smallest absolute Gasteiger partial charge is 0.178 e. The van der Waals surface area contributed by atoms with Gasteiger partial charge in [0.2, 0.25) is 0 Å². The van der Waals surface area contributed by atoms with Gasteiger partial charge in [-0.3, -0.25) is 0 Å². The number of benzene rings is 1. The molecule has 1 heterocycles. The normalized spacial score (nSPS) is 17.8. The lowest BCUT2D eigenvalue weighted by Gasteiger charge is -2.17. The third-order valence-corrected chi connectivity index (χ3v) is 4.85. The number of aromatic nitrogens is 2. The molecule has 0 amide bonds. The summed E-state index contributed by atoms with van der Waals surface area (Å²) in [5.41, 5.74) is 1.79. The van der Waals surface area contributed by atoms with Crippen molar-refractivity contribution in [1.82, 2.24) is 9.55 Å². The van der Waals surface area contributed by atoms with Crippen LogP contribution in [-0.2, 0) is 0 Å². The van der Waals surface area contributed by atoms with Gasteiger partial charge in [-0.2, -0.15) is 0 Å². The van der Waals surface area contributed by atoms with Gasteiger partial charge in [-0.15, -0.1) is 0 Å². The highest BCUT2D eigenvalue weighted by Gasteiger charge is 2.18. The highest BCUT2D eigenvalue weighted by atomic mass is 79.9. The van der Waals surface area contributed by atoms with Crippen molar-refractivity contribution in [3.63, 3.8) is 0 Å². The topological polar surface area (TPSA) is 20.7 Å². The number of H-pyrrole nitrogens is 1. The Kier molecular flexibility index (Phi) is 3.76. The molecule has 0 bridgehead atoms. The molecule has 5 heteroatoms. The van der Waals surface area contributed by atoms with Crippen LogP contribution in [0.1, 0.15) is 44.6 Å². The second kappa shape index (κ2) is 5.37. The summed E-state index contributed by atoms with van der Waals surface area (Å²) in [6.07, 6.45) is 7.34. The fourth-order valence-corrected chi connectivity index (χ4v) is 3.70. The number of imidazole rings is 1. The molecule has 19 heavy (non-hydrogen) atoms. The van der Waals surface area contributed by atoms with Crippen LogP contribution in [0.25, 0.3) is 11.0 Å². The summed E-state index contributed by atoms with van der Waals surface area (Å²) in [5.74, 6) is -0.233. The molecular weight excluding hydrogens is 327 g/mol. The molecule has 3 rings (SSSR count). The molecule has 2 aromatic rings. The van der Waals surface area contributed by atoms with Crippen LogP contribution in [0, 0.1) is 10.6 Å². The van der Waals surface area contributed by atoms with E-state index >= 15 is 0 Å². The lowest BCUT2D eigenvalue weighted by Crippen LogP contribution is -2.08. The summed E-state index contributed by atoms with van der Waals surface area (Å²) in [7, 11) is 0. The van der Waals surface area contributed by atoms with E-state index in [1.807, 2.05) is 0 Å². The highest BCUT2D eigenvalue weighted by molar-refractivity contribution is 9.10. The largest absolute Gasteiger partial charge is 0.331 e. The van der Waals surface area contributed by atoms with Gasteiger partial charge < -0.3 is 9.55 Å². The van der Waals surface area contributed by atoms with E-state index in [0.717, 1.165) is 23.9 Å². The van der Waals surface area contributed by atoms with Crippen LogP contribution in [0.5, 0.6) is 0 Å². The average molecular weight is 343 g/mol. The molecule has 1 fully saturated rings.